The van der Waals surface area contributed by atoms with E-state index >= 15 is 0 Å². The highest BCUT2D eigenvalue weighted by atomic mass is 16.5. The first-order chi connectivity index (χ1) is 11.1. The molecule has 0 bridgehead atoms. The minimum atomic E-state index is 0.267. The average Bonchev–Trinajstić information content (AvgIpc) is 2.87. The summed E-state index contributed by atoms with van der Waals surface area (Å²) in [4.78, 5) is 4.18. The number of ether oxygens (including phenoxy) is 2. The molecule has 23 heavy (non-hydrogen) atoms. The maximum atomic E-state index is 5.70. The number of hydrogen-bond acceptors (Lipinski definition) is 5. The Labute approximate surface area is 134 Å². The second-order valence-corrected chi connectivity index (χ2v) is 5.17. The van der Waals surface area contributed by atoms with E-state index in [4.69, 9.17) is 15.2 Å². The molecule has 1 aromatic carbocycles. The minimum absolute atomic E-state index is 0.267. The SMILES string of the molecule is CCOc1ccc(-c2cn3nc(N)nc3cc2C)cc1OCC. The van der Waals surface area contributed by atoms with E-state index in [-0.39, 0.29) is 5.95 Å². The van der Waals surface area contributed by atoms with Gasteiger partial charge in [0.2, 0.25) is 5.95 Å². The Hall–Kier alpha value is -2.76. The Bertz CT molecular complexity index is 842. The molecule has 0 unspecified atom stereocenters. The zero-order valence-electron chi connectivity index (χ0n) is 13.5. The van der Waals surface area contributed by atoms with Gasteiger partial charge in [0.1, 0.15) is 0 Å². The van der Waals surface area contributed by atoms with E-state index in [0.29, 0.717) is 13.2 Å². The Kier molecular flexibility index (Phi) is 4.06. The summed E-state index contributed by atoms with van der Waals surface area (Å²) in [5.74, 6) is 1.76. The number of pyridine rings is 1. The molecule has 6 heteroatoms. The molecule has 0 saturated carbocycles. The van der Waals surface area contributed by atoms with Crippen LogP contribution in [0.4, 0.5) is 5.95 Å². The van der Waals surface area contributed by atoms with Gasteiger partial charge in [-0.1, -0.05) is 6.07 Å². The zero-order chi connectivity index (χ0) is 16.4. The van der Waals surface area contributed by atoms with Gasteiger partial charge in [-0.2, -0.15) is 4.98 Å². The molecule has 0 spiro atoms. The summed E-state index contributed by atoms with van der Waals surface area (Å²) in [6.45, 7) is 7.13. The Morgan fingerprint density at radius 2 is 1.83 bits per heavy atom. The van der Waals surface area contributed by atoms with Gasteiger partial charge in [-0.25, -0.2) is 4.52 Å². The first-order valence-corrected chi connectivity index (χ1v) is 7.65. The van der Waals surface area contributed by atoms with Gasteiger partial charge in [-0.3, -0.25) is 0 Å². The van der Waals surface area contributed by atoms with Crippen molar-refractivity contribution in [1.29, 1.82) is 0 Å². The highest BCUT2D eigenvalue weighted by molar-refractivity contribution is 5.71. The number of nitrogens with two attached hydrogens (primary N) is 1. The number of rotatable bonds is 5. The number of aryl methyl sites for hydroxylation is 1. The summed E-state index contributed by atoms with van der Waals surface area (Å²) in [6.07, 6.45) is 1.93. The fourth-order valence-corrected chi connectivity index (χ4v) is 2.56. The van der Waals surface area contributed by atoms with Crippen molar-refractivity contribution in [3.8, 4) is 22.6 Å². The summed E-state index contributed by atoms with van der Waals surface area (Å²) >= 11 is 0. The maximum absolute atomic E-state index is 5.70. The summed E-state index contributed by atoms with van der Waals surface area (Å²) in [6, 6.07) is 7.91. The van der Waals surface area contributed by atoms with Crippen molar-refractivity contribution < 1.29 is 9.47 Å². The lowest BCUT2D eigenvalue weighted by atomic mass is 10.0. The van der Waals surface area contributed by atoms with Crippen LogP contribution in [-0.2, 0) is 0 Å². The van der Waals surface area contributed by atoms with Crippen molar-refractivity contribution in [3.63, 3.8) is 0 Å². The molecule has 3 aromatic rings. The van der Waals surface area contributed by atoms with Crippen molar-refractivity contribution >= 4 is 11.6 Å². The number of benzene rings is 1. The lowest BCUT2D eigenvalue weighted by Crippen LogP contribution is -1.99. The summed E-state index contributed by atoms with van der Waals surface area (Å²) in [5.41, 5.74) is 9.58. The smallest absolute Gasteiger partial charge is 0.240 e. The van der Waals surface area contributed by atoms with Crippen LogP contribution in [0.5, 0.6) is 11.5 Å². The monoisotopic (exact) mass is 312 g/mol. The van der Waals surface area contributed by atoms with Gasteiger partial charge in [0, 0.05) is 11.8 Å². The third-order valence-corrected chi connectivity index (χ3v) is 3.55. The molecular weight excluding hydrogens is 292 g/mol. The van der Waals surface area contributed by atoms with Crippen LogP contribution in [0.3, 0.4) is 0 Å². The van der Waals surface area contributed by atoms with Crippen molar-refractivity contribution in [3.05, 3.63) is 36.0 Å². The molecule has 0 aliphatic heterocycles. The van der Waals surface area contributed by atoms with Gasteiger partial charge in [0.05, 0.1) is 13.2 Å². The van der Waals surface area contributed by atoms with E-state index in [1.807, 2.05) is 51.2 Å². The first kappa shape index (κ1) is 15.1. The Morgan fingerprint density at radius 3 is 2.57 bits per heavy atom. The Balaban J connectivity index is 2.10. The maximum Gasteiger partial charge on any atom is 0.240 e. The largest absolute Gasteiger partial charge is 0.490 e. The predicted molar refractivity (Wildman–Crippen MR) is 89.9 cm³/mol. The van der Waals surface area contributed by atoms with Gasteiger partial charge < -0.3 is 15.2 Å². The van der Waals surface area contributed by atoms with Gasteiger partial charge in [-0.05, 0) is 50.1 Å². The Morgan fingerprint density at radius 1 is 1.09 bits per heavy atom. The van der Waals surface area contributed by atoms with Crippen LogP contribution in [-0.4, -0.2) is 27.8 Å². The molecule has 3 rings (SSSR count). The van der Waals surface area contributed by atoms with E-state index in [0.717, 1.165) is 33.8 Å². The summed E-state index contributed by atoms with van der Waals surface area (Å²) in [7, 11) is 0. The molecule has 0 aliphatic carbocycles. The molecule has 0 amide bonds. The second-order valence-electron chi connectivity index (χ2n) is 5.17. The third-order valence-electron chi connectivity index (χ3n) is 3.55. The minimum Gasteiger partial charge on any atom is -0.490 e. The molecule has 0 aliphatic rings. The van der Waals surface area contributed by atoms with E-state index in [9.17, 15) is 0 Å². The number of nitrogens with zero attached hydrogens (tertiary/aromatic N) is 3. The number of aromatic nitrogens is 3. The molecule has 0 fully saturated rings. The fraction of sp³-hybridized carbons (Fsp3) is 0.294. The predicted octanol–water partition coefficient (Wildman–Crippen LogP) is 3.08. The molecule has 2 aromatic heterocycles. The van der Waals surface area contributed by atoms with Crippen molar-refractivity contribution in [2.24, 2.45) is 0 Å². The van der Waals surface area contributed by atoms with Crippen LogP contribution < -0.4 is 15.2 Å². The zero-order valence-corrected chi connectivity index (χ0v) is 13.5. The molecule has 0 saturated heterocycles. The average molecular weight is 312 g/mol. The number of anilines is 1. The highest BCUT2D eigenvalue weighted by Crippen LogP contribution is 2.34. The van der Waals surface area contributed by atoms with Crippen LogP contribution in [0.15, 0.2) is 30.5 Å². The first-order valence-electron chi connectivity index (χ1n) is 7.65. The number of fused-ring (bicyclic) bond motifs is 1. The van der Waals surface area contributed by atoms with E-state index in [1.54, 1.807) is 4.52 Å². The molecular formula is C17H20N4O2. The van der Waals surface area contributed by atoms with Crippen molar-refractivity contribution in [2.45, 2.75) is 20.8 Å². The van der Waals surface area contributed by atoms with Crippen LogP contribution in [0, 0.1) is 6.92 Å². The van der Waals surface area contributed by atoms with E-state index in [1.165, 1.54) is 0 Å². The standard InChI is InChI=1S/C17H20N4O2/c1-4-22-14-7-6-12(9-15(14)23-5-2)13-10-21-16(8-11(13)3)19-17(18)20-21/h6-10H,4-5H2,1-3H3,(H2,18,20). The van der Waals surface area contributed by atoms with Gasteiger partial charge in [0.25, 0.3) is 0 Å². The van der Waals surface area contributed by atoms with E-state index < -0.39 is 0 Å². The lowest BCUT2D eigenvalue weighted by Gasteiger charge is -2.13. The second kappa shape index (κ2) is 6.16. The molecule has 2 N–H and O–H groups in total. The van der Waals surface area contributed by atoms with Crippen molar-refractivity contribution in [2.75, 3.05) is 18.9 Å². The quantitative estimate of drug-likeness (QED) is 0.783. The van der Waals surface area contributed by atoms with Crippen LogP contribution in [0.25, 0.3) is 16.8 Å². The van der Waals surface area contributed by atoms with Crippen LogP contribution in [0.2, 0.25) is 0 Å². The highest BCUT2D eigenvalue weighted by Gasteiger charge is 2.11. The fourth-order valence-electron chi connectivity index (χ4n) is 2.56. The van der Waals surface area contributed by atoms with Gasteiger partial charge in [0.15, 0.2) is 17.1 Å². The van der Waals surface area contributed by atoms with Gasteiger partial charge in [-0.15, -0.1) is 5.10 Å². The molecule has 0 radical (unpaired) electrons. The normalized spacial score (nSPS) is 10.9. The van der Waals surface area contributed by atoms with Crippen molar-refractivity contribution in [1.82, 2.24) is 14.6 Å². The number of nitrogen functional groups attached to an aromatic ring is 1. The molecule has 2 heterocycles. The molecule has 120 valence electrons. The summed E-state index contributed by atoms with van der Waals surface area (Å²) in [5, 5.41) is 4.17. The van der Waals surface area contributed by atoms with E-state index in [2.05, 4.69) is 10.1 Å². The summed E-state index contributed by atoms with van der Waals surface area (Å²) < 4.78 is 13.0. The molecule has 0 atom stereocenters. The molecule has 6 nitrogen and oxygen atoms in total. The lowest BCUT2D eigenvalue weighted by molar-refractivity contribution is 0.288. The van der Waals surface area contributed by atoms with Gasteiger partial charge >= 0.3 is 0 Å². The number of hydrogen-bond donors (Lipinski definition) is 1. The topological polar surface area (TPSA) is 74.7 Å². The van der Waals surface area contributed by atoms with Crippen LogP contribution >= 0.6 is 0 Å². The van der Waals surface area contributed by atoms with Crippen LogP contribution in [0.1, 0.15) is 19.4 Å². The third kappa shape index (κ3) is 2.92.